The Morgan fingerprint density at radius 2 is 1.48 bits per heavy atom. The topological polar surface area (TPSA) is 169 Å². The van der Waals surface area contributed by atoms with Crippen molar-refractivity contribution in [3.63, 3.8) is 0 Å². The molecule has 4 heterocycles. The molecule has 2 aromatic rings. The van der Waals surface area contributed by atoms with E-state index in [9.17, 15) is 19.2 Å². The van der Waals surface area contributed by atoms with Gasteiger partial charge in [-0.2, -0.15) is 0 Å². The van der Waals surface area contributed by atoms with Gasteiger partial charge in [0.25, 0.3) is 0 Å². The van der Waals surface area contributed by atoms with Gasteiger partial charge < -0.3 is 0 Å². The Balaban J connectivity index is 1.36. The second-order valence-electron chi connectivity index (χ2n) is 12.0. The van der Waals surface area contributed by atoms with E-state index >= 15 is 0 Å². The number of amides is 2. The Morgan fingerprint density at radius 1 is 0.905 bits per heavy atom. The molecule has 0 aromatic carbocycles. The van der Waals surface area contributed by atoms with Crippen molar-refractivity contribution < 1.29 is 59.3 Å². The first-order valence-corrected chi connectivity index (χ1v) is 16.2. The molecule has 2 atom stereocenters. The number of aromatic nitrogens is 4. The second kappa shape index (κ2) is 12.5. The van der Waals surface area contributed by atoms with E-state index in [-0.39, 0.29) is 32.5 Å². The number of hydrogen-bond donors (Lipinski definition) is 2. The Bertz CT molecular complexity index is 1330. The molecule has 2 amide bonds. The molecule has 0 bridgehead atoms. The number of alkyl halides is 1. The number of halogens is 1. The molecule has 42 heavy (non-hydrogen) atoms. The molecule has 2 unspecified atom stereocenters. The Hall–Kier alpha value is -3.37. The van der Waals surface area contributed by atoms with Crippen LogP contribution in [0, 0.1) is 3.83 Å². The molecule has 4 rings (SSSR count). The predicted molar refractivity (Wildman–Crippen MR) is 142 cm³/mol. The standard InChI is InChI=1S/C27H38IN6O8/c1-26(2,3)41-24(37)33-12-17-15(29-14-30-17)10-20(33)22(36)40-9-8-28-23-31-16-11-19(21(35)39-7)34(13-18(16)32-23)25(38)42-27(4,5)6/h14,19-20H,8-13H2,1-7H3,(H,29,30)(H,31,32)/q-1. The number of ether oxygens (including phenoxy) is 4. The third-order valence-electron chi connectivity index (χ3n) is 6.37. The van der Waals surface area contributed by atoms with Gasteiger partial charge >= 0.3 is 255 Å². The van der Waals surface area contributed by atoms with Crippen LogP contribution in [0.4, 0.5) is 9.59 Å². The fraction of sp³-hybridized carbons (Fsp3) is 0.630. The minimum absolute atomic E-state index is 0.132. The summed E-state index contributed by atoms with van der Waals surface area (Å²) in [5, 5.41) is 0. The Morgan fingerprint density at radius 3 is 2.07 bits per heavy atom. The first kappa shape index (κ1) is 31.6. The van der Waals surface area contributed by atoms with Crippen molar-refractivity contribution in [2.24, 2.45) is 0 Å². The number of nitrogens with zero attached hydrogens (tertiary/aromatic N) is 4. The molecule has 15 heteroatoms. The predicted octanol–water partition coefficient (Wildman–Crippen LogP) is -0.869. The van der Waals surface area contributed by atoms with Crippen LogP contribution < -0.4 is 21.2 Å². The Kier molecular flexibility index (Phi) is 9.37. The summed E-state index contributed by atoms with van der Waals surface area (Å²) < 4.78 is 22.9. The van der Waals surface area contributed by atoms with Gasteiger partial charge in [-0.05, 0) is 0 Å². The van der Waals surface area contributed by atoms with E-state index in [4.69, 9.17) is 18.9 Å². The monoisotopic (exact) mass is 701 g/mol. The molecule has 232 valence electrons. The number of rotatable bonds is 6. The molecule has 2 aromatic heterocycles. The summed E-state index contributed by atoms with van der Waals surface area (Å²) in [6.07, 6.45) is 0.773. The van der Waals surface area contributed by atoms with E-state index in [1.165, 1.54) is 16.9 Å². The van der Waals surface area contributed by atoms with Crippen molar-refractivity contribution in [3.05, 3.63) is 32.9 Å². The van der Waals surface area contributed by atoms with Crippen molar-refractivity contribution in [2.45, 2.75) is 90.8 Å². The van der Waals surface area contributed by atoms with Crippen LogP contribution in [0.3, 0.4) is 0 Å². The van der Waals surface area contributed by atoms with E-state index in [2.05, 4.69) is 19.9 Å². The number of carbonyl (C=O) groups excluding carboxylic acids is 4. The van der Waals surface area contributed by atoms with Gasteiger partial charge in [0.1, 0.15) is 0 Å². The molecule has 0 radical (unpaired) electrons. The molecule has 0 fully saturated rings. The average molecular weight is 702 g/mol. The van der Waals surface area contributed by atoms with Crippen LogP contribution in [0.25, 0.3) is 0 Å². The summed E-state index contributed by atoms with van der Waals surface area (Å²) >= 11 is -0.687. The van der Waals surface area contributed by atoms with Gasteiger partial charge in [-0.3, -0.25) is 0 Å². The average Bonchev–Trinajstić information content (AvgIpc) is 3.52. The maximum atomic E-state index is 13.1. The number of carbonyl (C=O) groups is 4. The third kappa shape index (κ3) is 7.72. The van der Waals surface area contributed by atoms with Gasteiger partial charge in [-0.15, -0.1) is 0 Å². The molecule has 2 N–H and O–H groups in total. The number of fused-ring (bicyclic) bond motifs is 2. The molecule has 2 aliphatic heterocycles. The summed E-state index contributed by atoms with van der Waals surface area (Å²) in [7, 11) is 1.28. The van der Waals surface area contributed by atoms with Gasteiger partial charge in [0.05, 0.1) is 0 Å². The van der Waals surface area contributed by atoms with Gasteiger partial charge in [0.2, 0.25) is 0 Å². The van der Waals surface area contributed by atoms with Crippen molar-refractivity contribution in [1.82, 2.24) is 29.7 Å². The number of H-pyrrole nitrogens is 2. The number of hydrogen-bond acceptors (Lipinski definition) is 10. The van der Waals surface area contributed by atoms with E-state index in [1.54, 1.807) is 47.9 Å². The van der Waals surface area contributed by atoms with Gasteiger partial charge in [0, 0.05) is 0 Å². The quantitative estimate of drug-likeness (QED) is 0.127. The van der Waals surface area contributed by atoms with Crippen LogP contribution in [0.15, 0.2) is 6.33 Å². The van der Waals surface area contributed by atoms with Crippen LogP contribution in [0.5, 0.6) is 0 Å². The van der Waals surface area contributed by atoms with E-state index in [1.807, 2.05) is 0 Å². The molecular formula is C27H38IN6O8-. The fourth-order valence-electron chi connectivity index (χ4n) is 4.53. The summed E-state index contributed by atoms with van der Waals surface area (Å²) in [4.78, 5) is 69.2. The zero-order valence-electron chi connectivity index (χ0n) is 24.9. The summed E-state index contributed by atoms with van der Waals surface area (Å²) in [6, 6.07) is -1.69. The number of methoxy groups -OCH3 is 1. The zero-order chi connectivity index (χ0) is 30.8. The third-order valence-corrected chi connectivity index (χ3v) is 8.58. The van der Waals surface area contributed by atoms with Gasteiger partial charge in [-0.1, -0.05) is 0 Å². The second-order valence-corrected chi connectivity index (χ2v) is 14.8. The maximum absolute atomic E-state index is 13.1. The molecule has 14 nitrogen and oxygen atoms in total. The van der Waals surface area contributed by atoms with Crippen LogP contribution in [0.2, 0.25) is 0 Å². The van der Waals surface area contributed by atoms with E-state index < -0.39 is 68.6 Å². The normalized spacial score (nSPS) is 18.6. The van der Waals surface area contributed by atoms with Crippen LogP contribution >= 0.6 is 0 Å². The molecule has 0 saturated heterocycles. The van der Waals surface area contributed by atoms with Crippen LogP contribution in [-0.2, 0) is 54.5 Å². The zero-order valence-corrected chi connectivity index (χ0v) is 27.1. The van der Waals surface area contributed by atoms with E-state index in [0.29, 0.717) is 10.1 Å². The van der Waals surface area contributed by atoms with Crippen molar-refractivity contribution in [2.75, 3.05) is 18.1 Å². The molecular weight excluding hydrogens is 663 g/mol. The number of nitrogens with one attached hydrogen (secondary N) is 2. The van der Waals surface area contributed by atoms with Crippen molar-refractivity contribution in [3.8, 4) is 0 Å². The van der Waals surface area contributed by atoms with Crippen LogP contribution in [-0.4, -0.2) is 95.3 Å². The summed E-state index contributed by atoms with van der Waals surface area (Å²) in [5.41, 5.74) is 1.47. The van der Waals surface area contributed by atoms with Gasteiger partial charge in [0.15, 0.2) is 0 Å². The number of imidazole rings is 2. The first-order chi connectivity index (χ1) is 19.6. The van der Waals surface area contributed by atoms with Gasteiger partial charge in [-0.25, -0.2) is 0 Å². The summed E-state index contributed by atoms with van der Waals surface area (Å²) in [5.74, 6) is -1.06. The molecule has 0 saturated carbocycles. The van der Waals surface area contributed by atoms with Crippen molar-refractivity contribution in [1.29, 1.82) is 0 Å². The fourth-order valence-corrected chi connectivity index (χ4v) is 6.46. The Labute approximate surface area is 254 Å². The first-order valence-electron chi connectivity index (χ1n) is 13.6. The molecule has 2 aliphatic rings. The summed E-state index contributed by atoms with van der Waals surface area (Å²) in [6.45, 7) is 11.0. The van der Waals surface area contributed by atoms with E-state index in [0.717, 1.165) is 20.9 Å². The van der Waals surface area contributed by atoms with Crippen molar-refractivity contribution >= 4 is 24.1 Å². The number of aromatic amines is 2. The van der Waals surface area contributed by atoms with Crippen LogP contribution in [0.1, 0.15) is 64.3 Å². The molecule has 0 spiro atoms. The molecule has 0 aliphatic carbocycles. The minimum atomic E-state index is -0.848. The number of esters is 2. The SMILES string of the molecule is COC(=O)C1Cc2nc([I-]CCOC(=O)C3Cc4nc[nH]c4CN3C(=O)OC(C)(C)C)[nH]c2CN1C(=O)OC(C)(C)C.